The van der Waals surface area contributed by atoms with E-state index in [1.807, 2.05) is 0 Å². The minimum Gasteiger partial charge on any atom is -0.497 e. The molecular formula is C14H20O7. The maximum absolute atomic E-state index is 10.4. The maximum atomic E-state index is 10.4. The summed E-state index contributed by atoms with van der Waals surface area (Å²) in [4.78, 5) is 0. The van der Waals surface area contributed by atoms with E-state index in [1.54, 1.807) is 24.3 Å². The zero-order valence-corrected chi connectivity index (χ0v) is 11.6. The second kappa shape index (κ2) is 6.27. The fourth-order valence-electron chi connectivity index (χ4n) is 2.40. The number of benzene rings is 1. The Balaban J connectivity index is 2.18. The van der Waals surface area contributed by atoms with E-state index in [2.05, 4.69) is 0 Å². The van der Waals surface area contributed by atoms with Crippen LogP contribution in [0.15, 0.2) is 24.3 Å². The second-order valence-electron chi connectivity index (χ2n) is 5.13. The van der Waals surface area contributed by atoms with Crippen molar-refractivity contribution in [3.05, 3.63) is 29.8 Å². The molecule has 7 nitrogen and oxygen atoms in total. The maximum Gasteiger partial charge on any atom is 0.199 e. The third-order valence-corrected chi connectivity index (χ3v) is 3.67. The third-order valence-electron chi connectivity index (χ3n) is 3.67. The first-order valence-electron chi connectivity index (χ1n) is 6.59. The van der Waals surface area contributed by atoms with Crippen molar-refractivity contribution in [3.63, 3.8) is 0 Å². The highest BCUT2D eigenvalue weighted by Gasteiger charge is 2.52. The Labute approximate surface area is 122 Å². The summed E-state index contributed by atoms with van der Waals surface area (Å²) in [6.07, 6.45) is -6.07. The summed E-state index contributed by atoms with van der Waals surface area (Å²) < 4.78 is 10.2. The van der Waals surface area contributed by atoms with Gasteiger partial charge in [0, 0.05) is 6.42 Å². The van der Waals surface area contributed by atoms with Crippen LogP contribution in [0, 0.1) is 0 Å². The molecule has 1 aromatic carbocycles. The number of aliphatic hydroxyl groups excluding tert-OH is 4. The van der Waals surface area contributed by atoms with Gasteiger partial charge < -0.3 is 35.0 Å². The molecule has 0 saturated carbocycles. The lowest BCUT2D eigenvalue weighted by atomic mass is 9.89. The molecule has 5 atom stereocenters. The van der Waals surface area contributed by atoms with Gasteiger partial charge in [-0.15, -0.1) is 0 Å². The summed E-state index contributed by atoms with van der Waals surface area (Å²) in [5, 5.41) is 48.9. The van der Waals surface area contributed by atoms with Gasteiger partial charge in [-0.1, -0.05) is 12.1 Å². The minimum atomic E-state index is -2.10. The molecule has 1 aliphatic heterocycles. The third kappa shape index (κ3) is 3.18. The number of rotatable bonds is 4. The molecule has 1 saturated heterocycles. The molecule has 1 heterocycles. The van der Waals surface area contributed by atoms with Crippen LogP contribution in [0.2, 0.25) is 0 Å². The molecule has 5 N–H and O–H groups in total. The van der Waals surface area contributed by atoms with Crippen molar-refractivity contribution >= 4 is 0 Å². The van der Waals surface area contributed by atoms with Crippen LogP contribution in [0.3, 0.4) is 0 Å². The number of hydrogen-bond acceptors (Lipinski definition) is 7. The van der Waals surface area contributed by atoms with Gasteiger partial charge in [0.15, 0.2) is 5.79 Å². The van der Waals surface area contributed by atoms with Gasteiger partial charge in [0.1, 0.15) is 30.2 Å². The first-order chi connectivity index (χ1) is 9.91. The first kappa shape index (κ1) is 16.2. The van der Waals surface area contributed by atoms with Crippen LogP contribution >= 0.6 is 0 Å². The van der Waals surface area contributed by atoms with E-state index in [1.165, 1.54) is 7.11 Å². The van der Waals surface area contributed by atoms with Gasteiger partial charge in [0.05, 0.1) is 13.7 Å². The average Bonchev–Trinajstić information content (AvgIpc) is 2.50. The number of ether oxygens (including phenoxy) is 2. The minimum absolute atomic E-state index is 0.113. The van der Waals surface area contributed by atoms with Gasteiger partial charge in [-0.25, -0.2) is 0 Å². The normalized spacial score (nSPS) is 36.5. The van der Waals surface area contributed by atoms with E-state index in [0.29, 0.717) is 11.3 Å². The van der Waals surface area contributed by atoms with Gasteiger partial charge in [-0.3, -0.25) is 0 Å². The Morgan fingerprint density at radius 2 is 1.76 bits per heavy atom. The molecule has 0 unspecified atom stereocenters. The molecule has 21 heavy (non-hydrogen) atoms. The van der Waals surface area contributed by atoms with E-state index in [4.69, 9.17) is 14.6 Å². The van der Waals surface area contributed by atoms with Crippen molar-refractivity contribution in [2.24, 2.45) is 0 Å². The monoisotopic (exact) mass is 300 g/mol. The van der Waals surface area contributed by atoms with Crippen LogP contribution < -0.4 is 4.74 Å². The van der Waals surface area contributed by atoms with Crippen LogP contribution in [-0.2, 0) is 11.2 Å². The number of hydrogen-bond donors (Lipinski definition) is 5. The van der Waals surface area contributed by atoms with Crippen molar-refractivity contribution in [2.45, 2.75) is 36.6 Å². The molecule has 0 aromatic heterocycles. The molecule has 0 amide bonds. The summed E-state index contributed by atoms with van der Waals surface area (Å²) in [5.74, 6) is -1.46. The number of aliphatic hydroxyl groups is 5. The topological polar surface area (TPSA) is 120 Å². The molecule has 1 fully saturated rings. The fourth-order valence-corrected chi connectivity index (χ4v) is 2.40. The Hall–Kier alpha value is -1.22. The van der Waals surface area contributed by atoms with Crippen molar-refractivity contribution in [1.82, 2.24) is 0 Å². The average molecular weight is 300 g/mol. The Bertz CT molecular complexity index is 461. The molecule has 1 aromatic rings. The van der Waals surface area contributed by atoms with Crippen molar-refractivity contribution in [2.75, 3.05) is 13.7 Å². The predicted octanol–water partition coefficient (Wildman–Crippen LogP) is -1.60. The second-order valence-corrected chi connectivity index (χ2v) is 5.13. The smallest absolute Gasteiger partial charge is 0.199 e. The van der Waals surface area contributed by atoms with Crippen LogP contribution in [0.5, 0.6) is 5.75 Å². The van der Waals surface area contributed by atoms with Gasteiger partial charge in [-0.05, 0) is 17.7 Å². The molecule has 0 spiro atoms. The lowest BCUT2D eigenvalue weighted by Gasteiger charge is -2.45. The summed E-state index contributed by atoms with van der Waals surface area (Å²) in [6.45, 7) is -0.587. The molecular weight excluding hydrogens is 280 g/mol. The van der Waals surface area contributed by atoms with Crippen LogP contribution in [0.4, 0.5) is 0 Å². The highest BCUT2D eigenvalue weighted by atomic mass is 16.7. The van der Waals surface area contributed by atoms with Crippen molar-refractivity contribution in [1.29, 1.82) is 0 Å². The molecule has 7 heteroatoms. The molecule has 1 aliphatic rings. The van der Waals surface area contributed by atoms with Crippen LogP contribution in [-0.4, -0.2) is 69.5 Å². The molecule has 2 rings (SSSR count). The van der Waals surface area contributed by atoms with E-state index >= 15 is 0 Å². The summed E-state index contributed by atoms with van der Waals surface area (Å²) in [5.41, 5.74) is 0.637. The molecule has 0 aliphatic carbocycles. The molecule has 118 valence electrons. The zero-order chi connectivity index (χ0) is 15.6. The van der Waals surface area contributed by atoms with Gasteiger partial charge in [0.25, 0.3) is 0 Å². The van der Waals surface area contributed by atoms with E-state index in [9.17, 15) is 20.4 Å². The van der Waals surface area contributed by atoms with E-state index < -0.39 is 36.8 Å². The summed E-state index contributed by atoms with van der Waals surface area (Å²) in [7, 11) is 1.53. The Kier molecular flexibility index (Phi) is 4.82. The highest BCUT2D eigenvalue weighted by Crippen LogP contribution is 2.31. The molecule has 0 radical (unpaired) electrons. The van der Waals surface area contributed by atoms with E-state index in [-0.39, 0.29) is 6.42 Å². The van der Waals surface area contributed by atoms with E-state index in [0.717, 1.165) is 0 Å². The van der Waals surface area contributed by atoms with Gasteiger partial charge in [0.2, 0.25) is 0 Å². The first-order valence-corrected chi connectivity index (χ1v) is 6.59. The van der Waals surface area contributed by atoms with Crippen LogP contribution in [0.1, 0.15) is 5.56 Å². The summed E-state index contributed by atoms with van der Waals surface area (Å²) >= 11 is 0. The Morgan fingerprint density at radius 3 is 2.29 bits per heavy atom. The predicted molar refractivity (Wildman–Crippen MR) is 71.6 cm³/mol. The zero-order valence-electron chi connectivity index (χ0n) is 11.6. The number of methoxy groups -OCH3 is 1. The quantitative estimate of drug-likeness (QED) is 0.454. The largest absolute Gasteiger partial charge is 0.497 e. The standard InChI is InChI=1S/C14H20O7/c1-20-9-4-2-8(3-5-9)6-14(19)13(18)12(17)11(16)10(7-15)21-14/h2-5,10-13,15-19H,6-7H2,1H3/t10-,11-,12+,13-,14-/m1/s1. The summed E-state index contributed by atoms with van der Waals surface area (Å²) in [6, 6.07) is 6.72. The highest BCUT2D eigenvalue weighted by molar-refractivity contribution is 5.28. The van der Waals surface area contributed by atoms with Crippen molar-refractivity contribution < 1.29 is 35.0 Å². The lowest BCUT2D eigenvalue weighted by molar-refractivity contribution is -0.348. The lowest BCUT2D eigenvalue weighted by Crippen LogP contribution is -2.65. The van der Waals surface area contributed by atoms with Crippen molar-refractivity contribution in [3.8, 4) is 5.75 Å². The van der Waals surface area contributed by atoms with Crippen LogP contribution in [0.25, 0.3) is 0 Å². The molecule has 0 bridgehead atoms. The van der Waals surface area contributed by atoms with Gasteiger partial charge in [-0.2, -0.15) is 0 Å². The fraction of sp³-hybridized carbons (Fsp3) is 0.571. The SMILES string of the molecule is COc1ccc(C[C@@]2(O)O[C@H](CO)[C@@H](O)[C@H](O)[C@H]2O)cc1. The van der Waals surface area contributed by atoms with Gasteiger partial charge >= 0.3 is 0 Å². The Morgan fingerprint density at radius 1 is 1.14 bits per heavy atom.